The van der Waals surface area contributed by atoms with Crippen LogP contribution in [0, 0.1) is 17.2 Å². The number of nitrogens with one attached hydrogen (secondary N) is 1. The van der Waals surface area contributed by atoms with Crippen LogP contribution in [0.2, 0.25) is 0 Å². The fourth-order valence-electron chi connectivity index (χ4n) is 3.12. The van der Waals surface area contributed by atoms with E-state index in [-0.39, 0.29) is 12.3 Å². The summed E-state index contributed by atoms with van der Waals surface area (Å²) in [6.45, 7) is 1.73. The summed E-state index contributed by atoms with van der Waals surface area (Å²) in [6.07, 6.45) is 0.123. The van der Waals surface area contributed by atoms with Gasteiger partial charge < -0.3 is 10.1 Å². The Morgan fingerprint density at radius 3 is 2.19 bits per heavy atom. The smallest absolute Gasteiger partial charge is 0.328 e. The number of pyridine rings is 1. The highest BCUT2D eigenvalue weighted by Gasteiger charge is 2.29. The van der Waals surface area contributed by atoms with E-state index in [0.717, 1.165) is 0 Å². The Kier molecular flexibility index (Phi) is 5.32. The van der Waals surface area contributed by atoms with Crippen LogP contribution in [0.25, 0.3) is 21.8 Å². The van der Waals surface area contributed by atoms with Crippen molar-refractivity contribution in [2.45, 2.75) is 19.4 Å². The molecule has 136 valence electrons. The van der Waals surface area contributed by atoms with Crippen molar-refractivity contribution in [3.8, 4) is 6.07 Å². The highest BCUT2D eigenvalue weighted by molar-refractivity contribution is 6.16. The topological polar surface area (TPSA) is 92.1 Å². The number of hydrogen-bond donors (Lipinski definition) is 1. The molecule has 0 bridgehead atoms. The Labute approximate surface area is 156 Å². The number of carbonyl (C=O) groups is 2. The maximum Gasteiger partial charge on any atom is 0.328 e. The summed E-state index contributed by atoms with van der Waals surface area (Å²) >= 11 is 0. The van der Waals surface area contributed by atoms with Gasteiger partial charge in [-0.3, -0.25) is 4.79 Å². The van der Waals surface area contributed by atoms with E-state index in [9.17, 15) is 9.59 Å². The second kappa shape index (κ2) is 7.83. The largest absolute Gasteiger partial charge is 0.467 e. The first-order chi connectivity index (χ1) is 13.1. The number of rotatable bonds is 5. The van der Waals surface area contributed by atoms with Crippen LogP contribution in [-0.2, 0) is 9.53 Å². The van der Waals surface area contributed by atoms with E-state index >= 15 is 0 Å². The maximum atomic E-state index is 13.2. The zero-order valence-corrected chi connectivity index (χ0v) is 15.1. The number of fused-ring (bicyclic) bond motifs is 2. The van der Waals surface area contributed by atoms with Crippen molar-refractivity contribution in [3.63, 3.8) is 0 Å². The molecule has 1 N–H and O–H groups in total. The summed E-state index contributed by atoms with van der Waals surface area (Å²) in [7, 11) is 1.26. The van der Waals surface area contributed by atoms with Crippen molar-refractivity contribution in [3.05, 3.63) is 54.1 Å². The SMILES string of the molecule is COC(=O)[C@H](NC(=O)c1c2ccccc2nc2ccccc12)[C@H](C)CC#N. The van der Waals surface area contributed by atoms with Crippen LogP contribution in [0.1, 0.15) is 23.7 Å². The van der Waals surface area contributed by atoms with Crippen molar-refractivity contribution < 1.29 is 14.3 Å². The summed E-state index contributed by atoms with van der Waals surface area (Å²) in [6, 6.07) is 15.9. The van der Waals surface area contributed by atoms with Crippen molar-refractivity contribution in [2.75, 3.05) is 7.11 Å². The number of nitriles is 1. The van der Waals surface area contributed by atoms with Gasteiger partial charge in [-0.05, 0) is 12.1 Å². The zero-order chi connectivity index (χ0) is 19.4. The summed E-state index contributed by atoms with van der Waals surface area (Å²) in [5.41, 5.74) is 1.84. The van der Waals surface area contributed by atoms with E-state index in [2.05, 4.69) is 10.3 Å². The summed E-state index contributed by atoms with van der Waals surface area (Å²) in [4.78, 5) is 29.9. The average molecular weight is 361 g/mol. The molecule has 27 heavy (non-hydrogen) atoms. The molecule has 1 aromatic heterocycles. The number of ether oxygens (including phenoxy) is 1. The lowest BCUT2D eigenvalue weighted by atomic mass is 9.97. The van der Waals surface area contributed by atoms with E-state index in [1.807, 2.05) is 54.6 Å². The van der Waals surface area contributed by atoms with Crippen LogP contribution in [-0.4, -0.2) is 30.0 Å². The van der Waals surface area contributed by atoms with Crippen LogP contribution in [0.4, 0.5) is 0 Å². The first-order valence-electron chi connectivity index (χ1n) is 8.60. The molecule has 0 fully saturated rings. The molecule has 3 aromatic rings. The molecule has 0 unspecified atom stereocenters. The number of carbonyl (C=O) groups excluding carboxylic acids is 2. The molecule has 0 aliphatic carbocycles. The van der Waals surface area contributed by atoms with Gasteiger partial charge in [-0.2, -0.15) is 5.26 Å². The minimum atomic E-state index is -0.909. The van der Waals surface area contributed by atoms with Crippen LogP contribution in [0.5, 0.6) is 0 Å². The van der Waals surface area contributed by atoms with Gasteiger partial charge in [-0.1, -0.05) is 43.3 Å². The van der Waals surface area contributed by atoms with Gasteiger partial charge in [-0.15, -0.1) is 0 Å². The Bertz CT molecular complexity index is 1000. The van der Waals surface area contributed by atoms with E-state index in [0.29, 0.717) is 27.4 Å². The average Bonchev–Trinajstić information content (AvgIpc) is 2.69. The van der Waals surface area contributed by atoms with E-state index in [1.54, 1.807) is 6.92 Å². The van der Waals surface area contributed by atoms with Crippen LogP contribution in [0.3, 0.4) is 0 Å². The maximum absolute atomic E-state index is 13.2. The van der Waals surface area contributed by atoms with Crippen molar-refractivity contribution in [1.82, 2.24) is 10.3 Å². The molecule has 0 spiro atoms. The normalized spacial score (nSPS) is 12.9. The number of methoxy groups -OCH3 is 1. The number of hydrogen-bond acceptors (Lipinski definition) is 5. The second-order valence-corrected chi connectivity index (χ2v) is 6.33. The van der Waals surface area contributed by atoms with E-state index in [1.165, 1.54) is 7.11 Å². The Morgan fingerprint density at radius 2 is 1.67 bits per heavy atom. The zero-order valence-electron chi connectivity index (χ0n) is 15.1. The third kappa shape index (κ3) is 3.58. The van der Waals surface area contributed by atoms with Crippen LogP contribution in [0.15, 0.2) is 48.5 Å². The minimum absolute atomic E-state index is 0.123. The molecule has 1 amide bonds. The molecule has 0 radical (unpaired) electrons. The van der Waals surface area contributed by atoms with Crippen molar-refractivity contribution in [2.24, 2.45) is 5.92 Å². The molecule has 2 aromatic carbocycles. The standard InChI is InChI=1S/C21H19N3O3/c1-13(11-12-22)19(21(26)27-2)24-20(25)18-14-7-3-5-9-16(14)23-17-10-6-4-8-15(17)18/h3-10,13,19H,11H2,1-2H3,(H,24,25)/t13-,19-/m1/s1. The Hall–Kier alpha value is -3.46. The molecule has 6 heteroatoms. The quantitative estimate of drug-likeness (QED) is 0.556. The van der Waals surface area contributed by atoms with Gasteiger partial charge in [-0.25, -0.2) is 9.78 Å². The predicted octanol–water partition coefficient (Wildman–Crippen LogP) is 3.21. The molecule has 2 atom stereocenters. The van der Waals surface area contributed by atoms with Crippen molar-refractivity contribution >= 4 is 33.7 Å². The molecular formula is C21H19N3O3. The lowest BCUT2D eigenvalue weighted by Crippen LogP contribution is -2.45. The third-order valence-electron chi connectivity index (χ3n) is 4.54. The fourth-order valence-corrected chi connectivity index (χ4v) is 3.12. The summed E-state index contributed by atoms with van der Waals surface area (Å²) in [5, 5.41) is 13.1. The number of esters is 1. The van der Waals surface area contributed by atoms with Gasteiger partial charge >= 0.3 is 5.97 Å². The summed E-state index contributed by atoms with van der Waals surface area (Å²) < 4.78 is 4.82. The molecule has 0 saturated heterocycles. The van der Waals surface area contributed by atoms with Gasteiger partial charge in [0, 0.05) is 23.1 Å². The lowest BCUT2D eigenvalue weighted by molar-refractivity contribution is -0.144. The highest BCUT2D eigenvalue weighted by atomic mass is 16.5. The minimum Gasteiger partial charge on any atom is -0.467 e. The molecule has 3 rings (SSSR count). The van der Waals surface area contributed by atoms with E-state index in [4.69, 9.17) is 10.00 Å². The molecule has 6 nitrogen and oxygen atoms in total. The highest BCUT2D eigenvalue weighted by Crippen LogP contribution is 2.26. The monoisotopic (exact) mass is 361 g/mol. The first-order valence-corrected chi connectivity index (χ1v) is 8.60. The second-order valence-electron chi connectivity index (χ2n) is 6.33. The van der Waals surface area contributed by atoms with Gasteiger partial charge in [0.25, 0.3) is 5.91 Å². The van der Waals surface area contributed by atoms with E-state index < -0.39 is 17.9 Å². The van der Waals surface area contributed by atoms with Gasteiger partial charge in [0.2, 0.25) is 0 Å². The van der Waals surface area contributed by atoms with Gasteiger partial charge in [0.1, 0.15) is 6.04 Å². The summed E-state index contributed by atoms with van der Waals surface area (Å²) in [5.74, 6) is -1.36. The first kappa shape index (κ1) is 18.3. The van der Waals surface area contributed by atoms with Crippen molar-refractivity contribution in [1.29, 1.82) is 5.26 Å². The number of aromatic nitrogens is 1. The molecule has 0 saturated carbocycles. The lowest BCUT2D eigenvalue weighted by Gasteiger charge is -2.22. The Balaban J connectivity index is 2.10. The molecule has 1 heterocycles. The Morgan fingerprint density at radius 1 is 1.11 bits per heavy atom. The molecule has 0 aliphatic rings. The number of amides is 1. The van der Waals surface area contributed by atoms with Crippen LogP contribution >= 0.6 is 0 Å². The third-order valence-corrected chi connectivity index (χ3v) is 4.54. The molecule has 0 aliphatic heterocycles. The fraction of sp³-hybridized carbons (Fsp3) is 0.238. The van der Waals surface area contributed by atoms with Gasteiger partial charge in [0.15, 0.2) is 0 Å². The predicted molar refractivity (Wildman–Crippen MR) is 102 cm³/mol. The number of nitrogens with zero attached hydrogens (tertiary/aromatic N) is 2. The van der Waals surface area contributed by atoms with Gasteiger partial charge in [0.05, 0.1) is 29.8 Å². The number of para-hydroxylation sites is 2. The number of benzene rings is 2. The van der Waals surface area contributed by atoms with Crippen LogP contribution < -0.4 is 5.32 Å². The molecular weight excluding hydrogens is 342 g/mol.